The number of benzene rings is 1. The molecule has 1 amide bonds. The minimum Gasteiger partial charge on any atom is -0.444 e. The van der Waals surface area contributed by atoms with Gasteiger partial charge < -0.3 is 20.3 Å². The lowest BCUT2D eigenvalue weighted by Crippen LogP contribution is -2.47. The Kier molecular flexibility index (Phi) is 7.08. The Morgan fingerprint density at radius 2 is 1.95 bits per heavy atom. The summed E-state index contributed by atoms with van der Waals surface area (Å²) in [6, 6.07) is 9.00. The van der Waals surface area contributed by atoms with Crippen LogP contribution in [0.15, 0.2) is 42.5 Å². The second-order valence-corrected chi connectivity index (χ2v) is 6.04. The van der Waals surface area contributed by atoms with Gasteiger partial charge in [-0.2, -0.15) is 0 Å². The second kappa shape index (κ2) is 8.56. The summed E-state index contributed by atoms with van der Waals surface area (Å²) in [6.45, 7) is 4.86. The molecule has 0 unspecified atom stereocenters. The van der Waals surface area contributed by atoms with E-state index < -0.39 is 23.8 Å². The van der Waals surface area contributed by atoms with Crippen LogP contribution < -0.4 is 5.32 Å². The van der Waals surface area contributed by atoms with Crippen LogP contribution in [0, 0.1) is 0 Å². The Morgan fingerprint density at radius 3 is 2.50 bits per heavy atom. The van der Waals surface area contributed by atoms with Crippen LogP contribution in [0.3, 0.4) is 0 Å². The maximum Gasteiger partial charge on any atom is 0.408 e. The smallest absolute Gasteiger partial charge is 0.408 e. The normalized spacial score (nSPS) is 14.6. The van der Waals surface area contributed by atoms with Crippen molar-refractivity contribution in [2.24, 2.45) is 0 Å². The van der Waals surface area contributed by atoms with Crippen molar-refractivity contribution in [2.45, 2.75) is 44.9 Å². The van der Waals surface area contributed by atoms with Crippen LogP contribution in [0.25, 0.3) is 0 Å². The first kappa shape index (κ1) is 18.2. The zero-order valence-corrected chi connectivity index (χ0v) is 13.3. The van der Waals surface area contributed by atoms with Gasteiger partial charge in [-0.15, -0.1) is 0 Å². The van der Waals surface area contributed by atoms with E-state index in [0.29, 0.717) is 6.42 Å². The molecule has 2 atom stereocenters. The Morgan fingerprint density at radius 1 is 1.32 bits per heavy atom. The van der Waals surface area contributed by atoms with E-state index in [1.54, 1.807) is 32.9 Å². The molecule has 0 fully saturated rings. The van der Waals surface area contributed by atoms with Crippen molar-refractivity contribution in [1.29, 1.82) is 0 Å². The molecule has 5 nitrogen and oxygen atoms in total. The highest BCUT2D eigenvalue weighted by Gasteiger charge is 2.22. The van der Waals surface area contributed by atoms with E-state index >= 15 is 0 Å². The first-order valence-corrected chi connectivity index (χ1v) is 7.31. The van der Waals surface area contributed by atoms with Crippen LogP contribution in [0.2, 0.25) is 0 Å². The number of allylic oxidation sites excluding steroid dienone is 1. The predicted molar refractivity (Wildman–Crippen MR) is 85.5 cm³/mol. The summed E-state index contributed by atoms with van der Waals surface area (Å²) in [4.78, 5) is 11.6. The van der Waals surface area contributed by atoms with Crippen molar-refractivity contribution in [1.82, 2.24) is 5.32 Å². The van der Waals surface area contributed by atoms with Crippen LogP contribution in [-0.2, 0) is 11.2 Å². The molecule has 0 saturated carbocycles. The van der Waals surface area contributed by atoms with Gasteiger partial charge in [-0.25, -0.2) is 4.79 Å². The van der Waals surface area contributed by atoms with Gasteiger partial charge in [0.1, 0.15) is 5.60 Å². The van der Waals surface area contributed by atoms with Gasteiger partial charge in [0.15, 0.2) is 0 Å². The lowest BCUT2D eigenvalue weighted by Gasteiger charge is -2.24. The summed E-state index contributed by atoms with van der Waals surface area (Å²) in [7, 11) is 0. The third-order valence-electron chi connectivity index (χ3n) is 2.84. The molecule has 0 aliphatic heterocycles. The number of carbonyl (C=O) groups excluding carboxylic acids is 1. The molecule has 0 aliphatic rings. The SMILES string of the molecule is CC(C)(C)OC(=O)N[C@@H](CO)[C@H](O)/C=C/Cc1ccccc1. The molecule has 0 heterocycles. The lowest BCUT2D eigenvalue weighted by atomic mass is 10.1. The third kappa shape index (κ3) is 7.24. The monoisotopic (exact) mass is 307 g/mol. The van der Waals surface area contributed by atoms with E-state index in [2.05, 4.69) is 5.32 Å². The Balaban J connectivity index is 2.50. The molecule has 0 radical (unpaired) electrons. The minimum atomic E-state index is -0.985. The number of carbonyl (C=O) groups is 1. The molecule has 0 aromatic heterocycles. The summed E-state index contributed by atoms with van der Waals surface area (Å²) < 4.78 is 5.10. The van der Waals surface area contributed by atoms with Gasteiger partial charge in [-0.3, -0.25) is 0 Å². The van der Waals surface area contributed by atoms with Crippen LogP contribution in [0.1, 0.15) is 26.3 Å². The van der Waals surface area contributed by atoms with Crippen molar-refractivity contribution in [3.63, 3.8) is 0 Å². The molecular weight excluding hydrogens is 282 g/mol. The number of nitrogens with one attached hydrogen (secondary N) is 1. The van der Waals surface area contributed by atoms with E-state index in [-0.39, 0.29) is 6.61 Å². The number of ether oxygens (including phenoxy) is 1. The molecule has 3 N–H and O–H groups in total. The zero-order chi connectivity index (χ0) is 16.6. The number of alkyl carbamates (subject to hydrolysis) is 1. The fourth-order valence-corrected chi connectivity index (χ4v) is 1.79. The third-order valence-corrected chi connectivity index (χ3v) is 2.84. The highest BCUT2D eigenvalue weighted by Crippen LogP contribution is 2.08. The highest BCUT2D eigenvalue weighted by molar-refractivity contribution is 5.68. The molecule has 1 aromatic carbocycles. The number of aliphatic hydroxyl groups excluding tert-OH is 2. The standard InChI is InChI=1S/C17H25NO4/c1-17(2,3)22-16(21)18-14(12-19)15(20)11-7-10-13-8-5-4-6-9-13/h4-9,11,14-15,19-20H,10,12H2,1-3H3,(H,18,21)/b11-7+/t14-,15+/m0/s1. The van der Waals surface area contributed by atoms with E-state index in [9.17, 15) is 15.0 Å². The largest absolute Gasteiger partial charge is 0.444 e. The van der Waals surface area contributed by atoms with Gasteiger partial charge in [0, 0.05) is 0 Å². The predicted octanol–water partition coefficient (Wildman–Crippen LogP) is 2.03. The molecule has 1 aromatic rings. The Bertz CT molecular complexity index is 479. The topological polar surface area (TPSA) is 78.8 Å². The summed E-state index contributed by atoms with van der Waals surface area (Å²) in [5, 5.41) is 21.8. The van der Waals surface area contributed by atoms with Crippen molar-refractivity contribution in [2.75, 3.05) is 6.61 Å². The quantitative estimate of drug-likeness (QED) is 0.703. The Hall–Kier alpha value is -1.85. The average molecular weight is 307 g/mol. The minimum absolute atomic E-state index is 0.379. The fourth-order valence-electron chi connectivity index (χ4n) is 1.79. The maximum atomic E-state index is 11.6. The molecular formula is C17H25NO4. The number of hydrogen-bond acceptors (Lipinski definition) is 4. The first-order valence-electron chi connectivity index (χ1n) is 7.31. The van der Waals surface area contributed by atoms with Crippen LogP contribution in [-0.4, -0.2) is 40.7 Å². The fraction of sp³-hybridized carbons (Fsp3) is 0.471. The van der Waals surface area contributed by atoms with E-state index in [4.69, 9.17) is 4.74 Å². The van der Waals surface area contributed by atoms with Crippen LogP contribution in [0.5, 0.6) is 0 Å². The van der Waals surface area contributed by atoms with Gasteiger partial charge in [-0.1, -0.05) is 42.5 Å². The van der Waals surface area contributed by atoms with Gasteiger partial charge >= 0.3 is 6.09 Å². The number of amides is 1. The van der Waals surface area contributed by atoms with Gasteiger partial charge in [0.05, 0.1) is 18.8 Å². The number of aliphatic hydroxyl groups is 2. The summed E-state index contributed by atoms with van der Waals surface area (Å²) in [6.07, 6.45) is 2.39. The van der Waals surface area contributed by atoms with Crippen molar-refractivity contribution in [3.05, 3.63) is 48.0 Å². The van der Waals surface area contributed by atoms with Crippen LogP contribution >= 0.6 is 0 Å². The molecule has 1 rings (SSSR count). The molecule has 0 saturated heterocycles. The van der Waals surface area contributed by atoms with E-state index in [1.807, 2.05) is 30.3 Å². The van der Waals surface area contributed by atoms with E-state index in [0.717, 1.165) is 5.56 Å². The second-order valence-electron chi connectivity index (χ2n) is 6.04. The number of hydrogen-bond donors (Lipinski definition) is 3. The molecule has 22 heavy (non-hydrogen) atoms. The van der Waals surface area contributed by atoms with E-state index in [1.165, 1.54) is 0 Å². The van der Waals surface area contributed by atoms with Crippen molar-refractivity contribution >= 4 is 6.09 Å². The molecule has 5 heteroatoms. The maximum absolute atomic E-state index is 11.6. The van der Waals surface area contributed by atoms with Gasteiger partial charge in [0.2, 0.25) is 0 Å². The highest BCUT2D eigenvalue weighted by atomic mass is 16.6. The molecule has 122 valence electrons. The molecule has 0 bridgehead atoms. The Labute approximate surface area is 131 Å². The first-order chi connectivity index (χ1) is 10.3. The summed E-state index contributed by atoms with van der Waals surface area (Å²) in [5.74, 6) is 0. The zero-order valence-electron chi connectivity index (χ0n) is 13.3. The van der Waals surface area contributed by atoms with Gasteiger partial charge in [-0.05, 0) is 32.8 Å². The van der Waals surface area contributed by atoms with Crippen molar-refractivity contribution in [3.8, 4) is 0 Å². The number of rotatable bonds is 6. The molecule has 0 aliphatic carbocycles. The van der Waals surface area contributed by atoms with Gasteiger partial charge in [0.25, 0.3) is 0 Å². The van der Waals surface area contributed by atoms with Crippen LogP contribution in [0.4, 0.5) is 4.79 Å². The average Bonchev–Trinajstić information content (AvgIpc) is 2.44. The summed E-state index contributed by atoms with van der Waals surface area (Å²) in [5.41, 5.74) is 0.490. The van der Waals surface area contributed by atoms with Crippen molar-refractivity contribution < 1.29 is 19.7 Å². The lowest BCUT2D eigenvalue weighted by molar-refractivity contribution is 0.0406. The summed E-state index contributed by atoms with van der Waals surface area (Å²) >= 11 is 0. The molecule has 0 spiro atoms.